The molecule has 0 saturated heterocycles. The van der Waals surface area contributed by atoms with Crippen LogP contribution in [0, 0.1) is 0 Å². The highest BCUT2D eigenvalue weighted by molar-refractivity contribution is 6.30. The van der Waals surface area contributed by atoms with Crippen molar-refractivity contribution in [3.63, 3.8) is 0 Å². The summed E-state index contributed by atoms with van der Waals surface area (Å²) in [6.45, 7) is 0. The van der Waals surface area contributed by atoms with Crippen molar-refractivity contribution in [3.8, 4) is 11.1 Å². The molecule has 0 N–H and O–H groups in total. The third-order valence-corrected chi connectivity index (χ3v) is 5.57. The van der Waals surface area contributed by atoms with Crippen LogP contribution >= 0.6 is 11.6 Å². The standard InChI is InChI=1S/C28H20ClN/c29-23-19-17-22(18-20-23)26-14-6-7-15-27(26)30(24-11-2-1-3-12-24)28-16-8-10-21-9-4-5-13-25(21)28/h1-20H. The van der Waals surface area contributed by atoms with Gasteiger partial charge in [0.15, 0.2) is 0 Å². The summed E-state index contributed by atoms with van der Waals surface area (Å²) in [4.78, 5) is 2.34. The lowest BCUT2D eigenvalue weighted by Crippen LogP contribution is -2.11. The van der Waals surface area contributed by atoms with Crippen LogP contribution < -0.4 is 4.90 Å². The van der Waals surface area contributed by atoms with Crippen molar-refractivity contribution in [3.05, 3.63) is 126 Å². The number of fused-ring (bicyclic) bond motifs is 1. The summed E-state index contributed by atoms with van der Waals surface area (Å²) in [5.41, 5.74) is 5.69. The quantitative estimate of drug-likeness (QED) is 0.289. The Labute approximate surface area is 181 Å². The third-order valence-electron chi connectivity index (χ3n) is 5.32. The fourth-order valence-corrected chi connectivity index (χ4v) is 4.06. The molecular weight excluding hydrogens is 386 g/mol. The first-order chi connectivity index (χ1) is 14.8. The van der Waals surface area contributed by atoms with Gasteiger partial charge in [0.1, 0.15) is 0 Å². The predicted molar refractivity (Wildman–Crippen MR) is 129 cm³/mol. The van der Waals surface area contributed by atoms with Gasteiger partial charge in [0, 0.05) is 21.7 Å². The molecule has 0 aliphatic rings. The van der Waals surface area contributed by atoms with E-state index in [0.717, 1.165) is 33.2 Å². The molecule has 5 rings (SSSR count). The summed E-state index contributed by atoms with van der Waals surface area (Å²) in [7, 11) is 0. The summed E-state index contributed by atoms with van der Waals surface area (Å²) in [6.07, 6.45) is 0. The number of hydrogen-bond acceptors (Lipinski definition) is 1. The zero-order valence-electron chi connectivity index (χ0n) is 16.4. The molecule has 0 unspecified atom stereocenters. The molecule has 2 heteroatoms. The first kappa shape index (κ1) is 18.5. The average molecular weight is 406 g/mol. The average Bonchev–Trinajstić information content (AvgIpc) is 2.81. The van der Waals surface area contributed by atoms with Gasteiger partial charge in [0.25, 0.3) is 0 Å². The van der Waals surface area contributed by atoms with E-state index in [0.29, 0.717) is 0 Å². The highest BCUT2D eigenvalue weighted by Gasteiger charge is 2.18. The number of anilines is 3. The van der Waals surface area contributed by atoms with Gasteiger partial charge >= 0.3 is 0 Å². The van der Waals surface area contributed by atoms with Crippen LogP contribution in [-0.2, 0) is 0 Å². The molecule has 30 heavy (non-hydrogen) atoms. The summed E-state index contributed by atoms with van der Waals surface area (Å²) in [6, 6.07) is 42.1. The van der Waals surface area contributed by atoms with Crippen LogP contribution in [0.2, 0.25) is 5.02 Å². The topological polar surface area (TPSA) is 3.24 Å². The van der Waals surface area contributed by atoms with Crippen molar-refractivity contribution in [1.82, 2.24) is 0 Å². The SMILES string of the molecule is Clc1ccc(-c2ccccc2N(c2ccccc2)c2cccc3ccccc23)cc1. The Morgan fingerprint density at radius 2 is 1.13 bits per heavy atom. The van der Waals surface area contributed by atoms with Crippen LogP contribution in [0.15, 0.2) is 121 Å². The van der Waals surface area contributed by atoms with Gasteiger partial charge in [-0.3, -0.25) is 0 Å². The van der Waals surface area contributed by atoms with Gasteiger partial charge in [-0.15, -0.1) is 0 Å². The molecule has 0 aromatic heterocycles. The van der Waals surface area contributed by atoms with Gasteiger partial charge in [0.2, 0.25) is 0 Å². The summed E-state index contributed by atoms with van der Waals surface area (Å²) < 4.78 is 0. The van der Waals surface area contributed by atoms with Crippen molar-refractivity contribution in [2.45, 2.75) is 0 Å². The molecule has 0 spiro atoms. The Bertz CT molecular complexity index is 1290. The molecule has 0 radical (unpaired) electrons. The molecule has 0 aliphatic heterocycles. The number of hydrogen-bond donors (Lipinski definition) is 0. The van der Waals surface area contributed by atoms with Crippen molar-refractivity contribution in [2.75, 3.05) is 4.90 Å². The lowest BCUT2D eigenvalue weighted by Gasteiger charge is -2.29. The molecule has 0 fully saturated rings. The Kier molecular flexibility index (Phi) is 4.96. The van der Waals surface area contributed by atoms with Gasteiger partial charge in [-0.2, -0.15) is 0 Å². The molecule has 0 saturated carbocycles. The normalized spacial score (nSPS) is 10.8. The number of benzene rings is 5. The molecular formula is C28H20ClN. The van der Waals surface area contributed by atoms with E-state index in [9.17, 15) is 0 Å². The fraction of sp³-hybridized carbons (Fsp3) is 0. The van der Waals surface area contributed by atoms with Crippen LogP contribution in [-0.4, -0.2) is 0 Å². The molecule has 0 amide bonds. The lowest BCUT2D eigenvalue weighted by atomic mass is 10.0. The fourth-order valence-electron chi connectivity index (χ4n) is 3.93. The zero-order valence-corrected chi connectivity index (χ0v) is 17.1. The minimum Gasteiger partial charge on any atom is -0.309 e. The van der Waals surface area contributed by atoms with Crippen LogP contribution in [0.25, 0.3) is 21.9 Å². The maximum atomic E-state index is 6.15. The Morgan fingerprint density at radius 1 is 0.500 bits per heavy atom. The molecule has 5 aromatic rings. The first-order valence-electron chi connectivity index (χ1n) is 9.99. The zero-order chi connectivity index (χ0) is 20.3. The summed E-state index contributed by atoms with van der Waals surface area (Å²) in [5.74, 6) is 0. The monoisotopic (exact) mass is 405 g/mol. The highest BCUT2D eigenvalue weighted by Crippen LogP contribution is 2.43. The van der Waals surface area contributed by atoms with E-state index in [4.69, 9.17) is 11.6 Å². The molecule has 144 valence electrons. The van der Waals surface area contributed by atoms with Crippen molar-refractivity contribution < 1.29 is 0 Å². The van der Waals surface area contributed by atoms with Gasteiger partial charge in [0.05, 0.1) is 11.4 Å². The Hall–Kier alpha value is -3.55. The largest absolute Gasteiger partial charge is 0.309 e. The summed E-state index contributed by atoms with van der Waals surface area (Å²) >= 11 is 6.15. The molecule has 0 heterocycles. The predicted octanol–water partition coefficient (Wildman–Crippen LogP) is 8.63. The molecule has 0 atom stereocenters. The molecule has 0 aliphatic carbocycles. The Balaban J connectivity index is 1.79. The maximum Gasteiger partial charge on any atom is 0.0540 e. The van der Waals surface area contributed by atoms with E-state index >= 15 is 0 Å². The molecule has 5 aromatic carbocycles. The smallest absolute Gasteiger partial charge is 0.0540 e. The van der Waals surface area contributed by atoms with Crippen molar-refractivity contribution in [1.29, 1.82) is 0 Å². The van der Waals surface area contributed by atoms with Gasteiger partial charge in [-0.1, -0.05) is 96.5 Å². The van der Waals surface area contributed by atoms with Gasteiger partial charge in [-0.25, -0.2) is 0 Å². The van der Waals surface area contributed by atoms with Crippen LogP contribution in [0.3, 0.4) is 0 Å². The van der Waals surface area contributed by atoms with Gasteiger partial charge in [-0.05, 0) is 47.3 Å². The second-order valence-corrected chi connectivity index (χ2v) is 7.63. The van der Waals surface area contributed by atoms with E-state index in [1.165, 1.54) is 10.8 Å². The van der Waals surface area contributed by atoms with Crippen LogP contribution in [0.5, 0.6) is 0 Å². The highest BCUT2D eigenvalue weighted by atomic mass is 35.5. The Morgan fingerprint density at radius 3 is 1.97 bits per heavy atom. The minimum atomic E-state index is 0.741. The lowest BCUT2D eigenvalue weighted by molar-refractivity contribution is 1.30. The van der Waals surface area contributed by atoms with Crippen LogP contribution in [0.1, 0.15) is 0 Å². The van der Waals surface area contributed by atoms with E-state index in [1.807, 2.05) is 12.1 Å². The second-order valence-electron chi connectivity index (χ2n) is 7.19. The molecule has 0 bridgehead atoms. The number of halogens is 1. The number of nitrogens with zero attached hydrogens (tertiary/aromatic N) is 1. The second kappa shape index (κ2) is 8.06. The van der Waals surface area contributed by atoms with E-state index < -0.39 is 0 Å². The first-order valence-corrected chi connectivity index (χ1v) is 10.4. The van der Waals surface area contributed by atoms with Gasteiger partial charge < -0.3 is 4.90 Å². The van der Waals surface area contributed by atoms with Crippen molar-refractivity contribution in [2.24, 2.45) is 0 Å². The van der Waals surface area contributed by atoms with E-state index in [1.54, 1.807) is 0 Å². The van der Waals surface area contributed by atoms with Crippen molar-refractivity contribution >= 4 is 39.4 Å². The number of para-hydroxylation sites is 2. The van der Waals surface area contributed by atoms with E-state index in [-0.39, 0.29) is 0 Å². The summed E-state index contributed by atoms with van der Waals surface area (Å²) in [5, 5.41) is 3.18. The third kappa shape index (κ3) is 3.45. The maximum absolute atomic E-state index is 6.15. The minimum absolute atomic E-state index is 0.741. The van der Waals surface area contributed by atoms with Crippen LogP contribution in [0.4, 0.5) is 17.1 Å². The van der Waals surface area contributed by atoms with E-state index in [2.05, 4.69) is 114 Å². The number of rotatable bonds is 4. The molecule has 1 nitrogen and oxygen atoms in total.